The number of hydrogen-bond acceptors (Lipinski definition) is 3. The minimum Gasteiger partial charge on any atom is -0.311 e. The maximum Gasteiger partial charge on any atom is 0.252 e. The number of fused-ring (bicyclic) bond motifs is 8. The molecule has 11 aromatic carbocycles. The lowest BCUT2D eigenvalue weighted by Crippen LogP contribution is -2.61. The molecule has 2 heterocycles. The van der Waals surface area contributed by atoms with Crippen molar-refractivity contribution in [3.8, 4) is 0 Å². The van der Waals surface area contributed by atoms with Crippen molar-refractivity contribution in [1.82, 2.24) is 0 Å². The van der Waals surface area contributed by atoms with Gasteiger partial charge in [-0.3, -0.25) is 0 Å². The molecule has 0 atom stereocenters. The zero-order valence-electron chi connectivity index (χ0n) is 39.4. The normalized spacial score (nSPS) is 12.8. The Morgan fingerprint density at radius 3 is 1.18 bits per heavy atom. The molecule has 0 radical (unpaired) electrons. The largest absolute Gasteiger partial charge is 0.311 e. The maximum absolute atomic E-state index is 2.60. The van der Waals surface area contributed by atoms with E-state index in [-0.39, 0.29) is 6.71 Å². The minimum absolute atomic E-state index is 0.0852. The highest BCUT2D eigenvalue weighted by molar-refractivity contribution is 7.00. The highest BCUT2D eigenvalue weighted by atomic mass is 15.2. The molecule has 4 heteroatoms. The average molecular weight is 872 g/mol. The molecule has 2 aliphatic heterocycles. The van der Waals surface area contributed by atoms with Crippen LogP contribution in [0.3, 0.4) is 0 Å². The van der Waals surface area contributed by atoms with E-state index in [0.717, 1.165) is 28.4 Å². The second-order valence-corrected chi connectivity index (χ2v) is 19.6. The Bertz CT molecular complexity index is 3820. The van der Waals surface area contributed by atoms with E-state index in [2.05, 4.69) is 250 Å². The van der Waals surface area contributed by atoms with Crippen LogP contribution < -0.4 is 31.1 Å². The van der Waals surface area contributed by atoms with Crippen molar-refractivity contribution in [1.29, 1.82) is 0 Å². The van der Waals surface area contributed by atoms with Gasteiger partial charge >= 0.3 is 0 Å². The predicted molar refractivity (Wildman–Crippen MR) is 294 cm³/mol. The molecule has 0 fully saturated rings. The fourth-order valence-corrected chi connectivity index (χ4v) is 11.2. The number of rotatable bonds is 5. The highest BCUT2D eigenvalue weighted by Crippen LogP contribution is 2.52. The Labute approximate surface area is 399 Å². The van der Waals surface area contributed by atoms with Gasteiger partial charge in [-0.05, 0) is 174 Å². The third-order valence-electron chi connectivity index (χ3n) is 14.6. The fourth-order valence-electron chi connectivity index (χ4n) is 11.2. The SMILES string of the molecule is Cc1ccc(N(c2ccc(C)cc2)c2ccc3c4c2N(c2ccc5cc(C)ccc5c2)c2cc5cc(C)ccc5cc2B4c2cc4ccc(C)cc4cc2N3c2ccc3cc(C)ccc3c2)cc1. The summed E-state index contributed by atoms with van der Waals surface area (Å²) >= 11 is 0. The van der Waals surface area contributed by atoms with E-state index in [1.165, 1.54) is 116 Å². The number of benzene rings is 11. The molecule has 0 bridgehead atoms. The second-order valence-electron chi connectivity index (χ2n) is 19.6. The lowest BCUT2D eigenvalue weighted by molar-refractivity contribution is 1.21. The van der Waals surface area contributed by atoms with Crippen LogP contribution in [-0.4, -0.2) is 6.71 Å². The molecule has 0 spiro atoms. The summed E-state index contributed by atoms with van der Waals surface area (Å²) in [5.41, 5.74) is 21.8. The number of anilines is 9. The molecular formula is C64H50BN3. The first-order valence-corrected chi connectivity index (χ1v) is 23.9. The van der Waals surface area contributed by atoms with Gasteiger partial charge < -0.3 is 14.7 Å². The summed E-state index contributed by atoms with van der Waals surface area (Å²) in [5.74, 6) is 0. The first-order chi connectivity index (χ1) is 33.1. The zero-order chi connectivity index (χ0) is 45.9. The van der Waals surface area contributed by atoms with Crippen LogP contribution in [0.4, 0.5) is 51.2 Å². The van der Waals surface area contributed by atoms with E-state index in [4.69, 9.17) is 0 Å². The summed E-state index contributed by atoms with van der Waals surface area (Å²) in [5, 5.41) is 9.90. The van der Waals surface area contributed by atoms with Gasteiger partial charge in [0.1, 0.15) is 0 Å². The second kappa shape index (κ2) is 15.2. The van der Waals surface area contributed by atoms with Crippen molar-refractivity contribution in [3.05, 3.63) is 228 Å². The number of aryl methyl sites for hydroxylation is 6. The van der Waals surface area contributed by atoms with E-state index in [0.29, 0.717) is 0 Å². The summed E-state index contributed by atoms with van der Waals surface area (Å²) in [4.78, 5) is 7.65. The molecule has 0 aliphatic carbocycles. The monoisotopic (exact) mass is 871 g/mol. The topological polar surface area (TPSA) is 9.72 Å². The Morgan fingerprint density at radius 2 is 0.691 bits per heavy atom. The van der Waals surface area contributed by atoms with Crippen LogP contribution in [0.1, 0.15) is 33.4 Å². The summed E-state index contributed by atoms with van der Waals surface area (Å²) in [6.07, 6.45) is 0. The van der Waals surface area contributed by atoms with Crippen LogP contribution in [0.25, 0.3) is 43.1 Å². The third kappa shape index (κ3) is 6.42. The fraction of sp³-hybridized carbons (Fsp3) is 0.0938. The summed E-state index contributed by atoms with van der Waals surface area (Å²) in [6.45, 7) is 13.0. The van der Waals surface area contributed by atoms with Crippen molar-refractivity contribution >= 4 is 117 Å². The van der Waals surface area contributed by atoms with Crippen LogP contribution in [0.2, 0.25) is 0 Å². The van der Waals surface area contributed by atoms with Gasteiger partial charge in [-0.1, -0.05) is 155 Å². The van der Waals surface area contributed by atoms with Crippen LogP contribution in [0.15, 0.2) is 194 Å². The van der Waals surface area contributed by atoms with E-state index in [9.17, 15) is 0 Å². The molecule has 0 N–H and O–H groups in total. The standard InChI is InChI=1S/C64H50BN3/c1-39-11-21-53(22-12-39)66(54-23-13-40(2)14-24-54)60-28-27-59-63-64(60)68(56-26-20-46-30-42(4)8-16-48(46)34-56)62-38-52-32-44(6)10-18-50(52)36-58(62)65(63)57-35-49-17-9-43(5)31-51(49)37-61(57)67(59)55-25-19-45-29-41(3)7-15-47(45)33-55/h7-38H,1-6H3. The van der Waals surface area contributed by atoms with Gasteiger partial charge in [0, 0.05) is 39.8 Å². The molecule has 0 saturated heterocycles. The Balaban J connectivity index is 1.20. The summed E-state index contributed by atoms with van der Waals surface area (Å²) in [7, 11) is 0. The quantitative estimate of drug-likeness (QED) is 0.160. The summed E-state index contributed by atoms with van der Waals surface area (Å²) < 4.78 is 0. The van der Waals surface area contributed by atoms with E-state index in [1.54, 1.807) is 0 Å². The van der Waals surface area contributed by atoms with Crippen molar-refractivity contribution in [2.24, 2.45) is 0 Å². The van der Waals surface area contributed by atoms with E-state index < -0.39 is 0 Å². The van der Waals surface area contributed by atoms with E-state index in [1.807, 2.05) is 0 Å². The zero-order valence-corrected chi connectivity index (χ0v) is 39.4. The predicted octanol–water partition coefficient (Wildman–Crippen LogP) is 15.7. The van der Waals surface area contributed by atoms with E-state index >= 15 is 0 Å². The molecule has 0 unspecified atom stereocenters. The summed E-state index contributed by atoms with van der Waals surface area (Å²) in [6, 6.07) is 74.3. The maximum atomic E-state index is 2.60. The molecule has 3 nitrogen and oxygen atoms in total. The van der Waals surface area contributed by atoms with Crippen molar-refractivity contribution < 1.29 is 0 Å². The van der Waals surface area contributed by atoms with Gasteiger partial charge in [-0.15, -0.1) is 0 Å². The molecule has 11 aromatic rings. The van der Waals surface area contributed by atoms with Gasteiger partial charge in [0.25, 0.3) is 6.71 Å². The molecule has 0 saturated carbocycles. The lowest BCUT2D eigenvalue weighted by atomic mass is 9.33. The Hall–Kier alpha value is -8.08. The van der Waals surface area contributed by atoms with Gasteiger partial charge in [-0.25, -0.2) is 0 Å². The molecule has 2 aliphatic rings. The molecule has 13 rings (SSSR count). The van der Waals surface area contributed by atoms with Crippen LogP contribution >= 0.6 is 0 Å². The molecular weight excluding hydrogens is 822 g/mol. The Kier molecular flexibility index (Phi) is 9.01. The molecule has 0 aromatic heterocycles. The van der Waals surface area contributed by atoms with Crippen LogP contribution in [0, 0.1) is 41.5 Å². The Morgan fingerprint density at radius 1 is 0.309 bits per heavy atom. The highest BCUT2D eigenvalue weighted by Gasteiger charge is 2.45. The smallest absolute Gasteiger partial charge is 0.252 e. The van der Waals surface area contributed by atoms with Crippen LogP contribution in [-0.2, 0) is 0 Å². The number of nitrogens with zero attached hydrogens (tertiary/aromatic N) is 3. The first kappa shape index (κ1) is 40.2. The van der Waals surface area contributed by atoms with Gasteiger partial charge in [0.2, 0.25) is 0 Å². The van der Waals surface area contributed by atoms with Crippen molar-refractivity contribution in [2.75, 3.05) is 14.7 Å². The van der Waals surface area contributed by atoms with Gasteiger partial charge in [0.15, 0.2) is 0 Å². The van der Waals surface area contributed by atoms with Crippen molar-refractivity contribution in [3.63, 3.8) is 0 Å². The molecule has 0 amide bonds. The third-order valence-corrected chi connectivity index (χ3v) is 14.6. The van der Waals surface area contributed by atoms with Crippen LogP contribution in [0.5, 0.6) is 0 Å². The molecule has 324 valence electrons. The minimum atomic E-state index is -0.0852. The lowest BCUT2D eigenvalue weighted by Gasteiger charge is -2.46. The van der Waals surface area contributed by atoms with Crippen molar-refractivity contribution in [2.45, 2.75) is 41.5 Å². The molecule has 68 heavy (non-hydrogen) atoms. The van der Waals surface area contributed by atoms with Gasteiger partial charge in [-0.2, -0.15) is 0 Å². The average Bonchev–Trinajstić information content (AvgIpc) is 3.34. The first-order valence-electron chi connectivity index (χ1n) is 23.9. The number of hydrogen-bond donors (Lipinski definition) is 0. The van der Waals surface area contributed by atoms with Gasteiger partial charge in [0.05, 0.1) is 11.4 Å².